The molecule has 17 heavy (non-hydrogen) atoms. The van der Waals surface area contributed by atoms with Crippen molar-refractivity contribution in [3.05, 3.63) is 23.8 Å². The van der Waals surface area contributed by atoms with Gasteiger partial charge in [0, 0.05) is 36.8 Å². The molecule has 0 bridgehead atoms. The first-order valence-electron chi connectivity index (χ1n) is 5.78. The van der Waals surface area contributed by atoms with Gasteiger partial charge in [-0.1, -0.05) is 6.07 Å². The largest absolute Gasteiger partial charge is 0.420 e. The van der Waals surface area contributed by atoms with Gasteiger partial charge in [-0.15, -0.1) is 0 Å². The molecule has 0 fully saturated rings. The van der Waals surface area contributed by atoms with E-state index in [9.17, 15) is 9.59 Å². The van der Waals surface area contributed by atoms with Crippen LogP contribution in [0.5, 0.6) is 5.75 Å². The van der Waals surface area contributed by atoms with Gasteiger partial charge in [-0.2, -0.15) is 0 Å². The number of hydrogen-bond donors (Lipinski definition) is 0. The minimum atomic E-state index is -0.755. The van der Waals surface area contributed by atoms with Gasteiger partial charge in [0.1, 0.15) is 5.75 Å². The first kappa shape index (κ1) is 11.6. The molecule has 0 saturated carbocycles. The molecule has 2 rings (SSSR count). The Balaban J connectivity index is 2.34. The van der Waals surface area contributed by atoms with Crippen LogP contribution < -0.4 is 9.64 Å². The van der Waals surface area contributed by atoms with Crippen LogP contribution in [0, 0.1) is 0 Å². The van der Waals surface area contributed by atoms with Crippen molar-refractivity contribution in [1.29, 1.82) is 0 Å². The summed E-state index contributed by atoms with van der Waals surface area (Å²) in [5.74, 6) is -0.721. The number of ether oxygens (including phenoxy) is 1. The Bertz CT molecular complexity index is 464. The third-order valence-electron chi connectivity index (χ3n) is 2.96. The summed E-state index contributed by atoms with van der Waals surface area (Å²) in [7, 11) is 0. The molecule has 1 heterocycles. The molecule has 0 unspecified atom stereocenters. The zero-order valence-corrected chi connectivity index (χ0v) is 10.0. The molecule has 4 nitrogen and oxygen atoms in total. The maximum absolute atomic E-state index is 11.2. The molecule has 1 aromatic carbocycles. The Morgan fingerprint density at radius 2 is 1.94 bits per heavy atom. The third-order valence-corrected chi connectivity index (χ3v) is 2.96. The van der Waals surface area contributed by atoms with Crippen LogP contribution in [0.3, 0.4) is 0 Å². The number of carbonyl (C=O) groups excluding carboxylic acids is 2. The summed E-state index contributed by atoms with van der Waals surface area (Å²) in [6, 6.07) is 5.64. The van der Waals surface area contributed by atoms with Crippen LogP contribution in [-0.4, -0.2) is 24.8 Å². The van der Waals surface area contributed by atoms with Crippen LogP contribution in [0.2, 0.25) is 0 Å². The van der Waals surface area contributed by atoms with E-state index in [0.717, 1.165) is 24.3 Å². The molecule has 0 aliphatic carbocycles. The van der Waals surface area contributed by atoms with Gasteiger partial charge in [0.25, 0.3) is 0 Å². The van der Waals surface area contributed by atoms with Crippen molar-refractivity contribution in [2.24, 2.45) is 0 Å². The van der Waals surface area contributed by atoms with Gasteiger partial charge in [-0.25, -0.2) is 4.79 Å². The average molecular weight is 233 g/mol. The topological polar surface area (TPSA) is 46.6 Å². The van der Waals surface area contributed by atoms with E-state index >= 15 is 0 Å². The van der Waals surface area contributed by atoms with Crippen molar-refractivity contribution in [3.63, 3.8) is 0 Å². The highest BCUT2D eigenvalue weighted by Crippen LogP contribution is 2.29. The van der Waals surface area contributed by atoms with E-state index in [1.807, 2.05) is 18.2 Å². The Hall–Kier alpha value is -1.84. The Morgan fingerprint density at radius 3 is 2.59 bits per heavy atom. The van der Waals surface area contributed by atoms with Crippen molar-refractivity contribution in [2.45, 2.75) is 20.3 Å². The summed E-state index contributed by atoms with van der Waals surface area (Å²) < 4.78 is 5.01. The maximum atomic E-state index is 11.2. The first-order valence-corrected chi connectivity index (χ1v) is 5.78. The highest BCUT2D eigenvalue weighted by molar-refractivity contribution is 6.35. The minimum absolute atomic E-state index is 0.146. The lowest BCUT2D eigenvalue weighted by Gasteiger charge is -2.23. The van der Waals surface area contributed by atoms with Gasteiger partial charge in [0.05, 0.1) is 0 Å². The van der Waals surface area contributed by atoms with Gasteiger partial charge >= 0.3 is 5.97 Å². The molecule has 0 spiro atoms. The number of hydrogen-bond acceptors (Lipinski definition) is 4. The van der Waals surface area contributed by atoms with Crippen molar-refractivity contribution in [1.82, 2.24) is 0 Å². The molecule has 0 amide bonds. The standard InChI is InChI=1S/C13H15NO3/c1-3-14(4-2)10-6-5-9-7-11(15)13(16)17-12(9)8-10/h5-6,8H,3-4,7H2,1-2H3. The molecular formula is C13H15NO3. The molecule has 0 N–H and O–H groups in total. The number of fused-ring (bicyclic) bond motifs is 1. The van der Waals surface area contributed by atoms with Crippen LogP contribution in [0.1, 0.15) is 19.4 Å². The molecule has 1 aliphatic heterocycles. The summed E-state index contributed by atoms with van der Waals surface area (Å²) in [6.45, 7) is 5.92. The Kier molecular flexibility index (Phi) is 3.13. The van der Waals surface area contributed by atoms with Crippen LogP contribution >= 0.6 is 0 Å². The van der Waals surface area contributed by atoms with E-state index in [1.54, 1.807) is 0 Å². The molecule has 0 radical (unpaired) electrons. The monoisotopic (exact) mass is 233 g/mol. The van der Waals surface area contributed by atoms with E-state index in [4.69, 9.17) is 4.74 Å². The number of esters is 1. The number of nitrogens with zero attached hydrogens (tertiary/aromatic N) is 1. The highest BCUT2D eigenvalue weighted by Gasteiger charge is 2.26. The lowest BCUT2D eigenvalue weighted by atomic mass is 10.0. The second-order valence-electron chi connectivity index (χ2n) is 3.95. The lowest BCUT2D eigenvalue weighted by molar-refractivity contribution is -0.147. The van der Waals surface area contributed by atoms with Crippen LogP contribution in [0.25, 0.3) is 0 Å². The molecule has 0 saturated heterocycles. The Morgan fingerprint density at radius 1 is 1.24 bits per heavy atom. The molecule has 1 aliphatic rings. The number of rotatable bonds is 3. The summed E-state index contributed by atoms with van der Waals surface area (Å²) in [5, 5.41) is 0. The fourth-order valence-electron chi connectivity index (χ4n) is 1.97. The summed E-state index contributed by atoms with van der Waals surface area (Å²) in [5.41, 5.74) is 1.79. The fourth-order valence-corrected chi connectivity index (χ4v) is 1.97. The van der Waals surface area contributed by atoms with Crippen molar-refractivity contribution in [2.75, 3.05) is 18.0 Å². The second kappa shape index (κ2) is 4.57. The maximum Gasteiger partial charge on any atom is 0.380 e. The van der Waals surface area contributed by atoms with E-state index < -0.39 is 11.8 Å². The summed E-state index contributed by atoms with van der Waals surface area (Å²) in [4.78, 5) is 24.6. The Labute approximate surface area is 100 Å². The van der Waals surface area contributed by atoms with E-state index in [0.29, 0.717) is 5.75 Å². The summed E-state index contributed by atoms with van der Waals surface area (Å²) >= 11 is 0. The van der Waals surface area contributed by atoms with Crippen molar-refractivity contribution >= 4 is 17.4 Å². The third kappa shape index (κ3) is 2.16. The van der Waals surface area contributed by atoms with Gasteiger partial charge in [0.15, 0.2) is 0 Å². The van der Waals surface area contributed by atoms with Gasteiger partial charge in [0.2, 0.25) is 5.78 Å². The SMILES string of the molecule is CCN(CC)c1ccc2c(c1)OC(=O)C(=O)C2. The van der Waals surface area contributed by atoms with Gasteiger partial charge < -0.3 is 9.64 Å². The van der Waals surface area contributed by atoms with E-state index in [-0.39, 0.29) is 6.42 Å². The molecule has 0 aromatic heterocycles. The van der Waals surface area contributed by atoms with Crippen molar-refractivity contribution in [3.8, 4) is 5.75 Å². The van der Waals surface area contributed by atoms with Crippen LogP contribution in [-0.2, 0) is 16.0 Å². The predicted octanol–water partition coefficient (Wildman–Crippen LogP) is 1.56. The normalized spacial score (nSPS) is 14.2. The van der Waals surface area contributed by atoms with Crippen LogP contribution in [0.4, 0.5) is 5.69 Å². The quantitative estimate of drug-likeness (QED) is 0.451. The van der Waals surface area contributed by atoms with Gasteiger partial charge in [-0.05, 0) is 19.9 Å². The number of anilines is 1. The zero-order valence-electron chi connectivity index (χ0n) is 10.0. The molecular weight excluding hydrogens is 218 g/mol. The number of Topliss-reactive ketones (excluding diaryl/α,β-unsaturated/α-hetero) is 1. The number of carbonyl (C=O) groups is 2. The predicted molar refractivity (Wildman–Crippen MR) is 64.3 cm³/mol. The van der Waals surface area contributed by atoms with Crippen molar-refractivity contribution < 1.29 is 14.3 Å². The number of benzene rings is 1. The molecule has 1 aromatic rings. The number of ketones is 1. The second-order valence-corrected chi connectivity index (χ2v) is 3.95. The van der Waals surface area contributed by atoms with E-state index in [1.165, 1.54) is 0 Å². The lowest BCUT2D eigenvalue weighted by Crippen LogP contribution is -2.28. The smallest absolute Gasteiger partial charge is 0.380 e. The molecule has 4 heteroatoms. The zero-order chi connectivity index (χ0) is 12.4. The summed E-state index contributed by atoms with van der Waals surface area (Å²) in [6.07, 6.45) is 0.146. The average Bonchev–Trinajstić information content (AvgIpc) is 2.32. The van der Waals surface area contributed by atoms with Gasteiger partial charge in [-0.3, -0.25) is 4.79 Å². The van der Waals surface area contributed by atoms with Crippen LogP contribution in [0.15, 0.2) is 18.2 Å². The molecule has 90 valence electrons. The minimum Gasteiger partial charge on any atom is -0.420 e. The fraction of sp³-hybridized carbons (Fsp3) is 0.385. The highest BCUT2D eigenvalue weighted by atomic mass is 16.5. The van der Waals surface area contributed by atoms with E-state index in [2.05, 4.69) is 18.7 Å². The molecule has 0 atom stereocenters. The first-order chi connectivity index (χ1) is 8.15.